The van der Waals surface area contributed by atoms with Gasteiger partial charge < -0.3 is 24.8 Å². The van der Waals surface area contributed by atoms with E-state index in [9.17, 15) is 24.2 Å². The number of aliphatic hydroxyl groups is 1. The van der Waals surface area contributed by atoms with Gasteiger partial charge in [0.1, 0.15) is 5.69 Å². The van der Waals surface area contributed by atoms with Crippen molar-refractivity contribution in [2.24, 2.45) is 7.05 Å². The maximum absolute atomic E-state index is 14.3. The Labute approximate surface area is 194 Å². The first-order valence-electron chi connectivity index (χ1n) is 10.5. The van der Waals surface area contributed by atoms with Gasteiger partial charge in [0.2, 0.25) is 0 Å². The summed E-state index contributed by atoms with van der Waals surface area (Å²) in [7, 11) is 2.98. The van der Waals surface area contributed by atoms with Gasteiger partial charge in [0.15, 0.2) is 11.6 Å². The number of aliphatic carboxylic acids is 1. The molecule has 0 bridgehead atoms. The molecule has 0 unspecified atom stereocenters. The zero-order valence-electron chi connectivity index (χ0n) is 18.2. The highest BCUT2D eigenvalue weighted by molar-refractivity contribution is 6.36. The highest BCUT2D eigenvalue weighted by atomic mass is 35.5. The van der Waals surface area contributed by atoms with Crippen LogP contribution in [-0.4, -0.2) is 40.4 Å². The van der Waals surface area contributed by atoms with Crippen molar-refractivity contribution in [3.63, 3.8) is 0 Å². The number of fused-ring (bicyclic) bond motifs is 1. The van der Waals surface area contributed by atoms with E-state index in [0.29, 0.717) is 34.9 Å². The Balaban J connectivity index is 1.60. The second-order valence-electron chi connectivity index (χ2n) is 8.30. The number of ether oxygens (including phenoxy) is 1. The Morgan fingerprint density at radius 2 is 1.94 bits per heavy atom. The van der Waals surface area contributed by atoms with E-state index >= 15 is 0 Å². The van der Waals surface area contributed by atoms with E-state index in [1.165, 1.54) is 19.2 Å². The molecular weight excluding hydrogens is 451 g/mol. The van der Waals surface area contributed by atoms with Crippen molar-refractivity contribution in [3.8, 4) is 5.75 Å². The third-order valence-electron chi connectivity index (χ3n) is 6.62. The molecule has 0 spiro atoms. The molecule has 1 aromatic heterocycles. The molecular formula is C24H24ClFN2O5. The van der Waals surface area contributed by atoms with Gasteiger partial charge in [-0.3, -0.25) is 9.59 Å². The van der Waals surface area contributed by atoms with Gasteiger partial charge >= 0.3 is 5.97 Å². The zero-order valence-corrected chi connectivity index (χ0v) is 18.9. The first-order chi connectivity index (χ1) is 15.7. The quantitative estimate of drug-likeness (QED) is 0.481. The standard InChI is InChI=1S/C24H24ClFN2O5/c1-28-17-11-19(33-2)21(26)20(25)15(17)10-18(28)22(30)27-16(12-29)13-4-6-14(7-5-13)24(23(31)32)8-3-9-24/h4-7,10-11,16,29H,3,8-9,12H2,1-2H3,(H,27,30)(H,31,32)/t16-/m1/s1. The molecule has 1 aliphatic rings. The number of aromatic nitrogens is 1. The number of methoxy groups -OCH3 is 1. The average molecular weight is 475 g/mol. The Hall–Kier alpha value is -3.10. The maximum atomic E-state index is 14.3. The lowest BCUT2D eigenvalue weighted by molar-refractivity contribution is -0.147. The van der Waals surface area contributed by atoms with Crippen molar-refractivity contribution in [2.45, 2.75) is 30.7 Å². The third kappa shape index (κ3) is 3.73. The maximum Gasteiger partial charge on any atom is 0.314 e. The Morgan fingerprint density at radius 3 is 2.45 bits per heavy atom. The molecule has 1 saturated carbocycles. The van der Waals surface area contributed by atoms with Crippen LogP contribution in [0.2, 0.25) is 5.02 Å². The van der Waals surface area contributed by atoms with Crippen molar-refractivity contribution in [3.05, 3.63) is 64.1 Å². The fraction of sp³-hybridized carbons (Fsp3) is 0.333. The van der Waals surface area contributed by atoms with Crippen LogP contribution in [0.3, 0.4) is 0 Å². The van der Waals surface area contributed by atoms with Gasteiger partial charge in [-0.05, 0) is 30.0 Å². The zero-order chi connectivity index (χ0) is 23.9. The lowest BCUT2D eigenvalue weighted by atomic mass is 9.64. The molecule has 7 nitrogen and oxygen atoms in total. The van der Waals surface area contributed by atoms with Crippen molar-refractivity contribution >= 4 is 34.4 Å². The summed E-state index contributed by atoms with van der Waals surface area (Å²) in [6.07, 6.45) is 2.06. The van der Waals surface area contributed by atoms with Crippen LogP contribution in [0.25, 0.3) is 10.9 Å². The number of halogens is 2. The summed E-state index contributed by atoms with van der Waals surface area (Å²) in [4.78, 5) is 24.7. The summed E-state index contributed by atoms with van der Waals surface area (Å²) in [6.45, 7) is -0.359. The molecule has 0 radical (unpaired) electrons. The fourth-order valence-corrected chi connectivity index (χ4v) is 4.65. The molecule has 174 valence electrons. The lowest BCUT2D eigenvalue weighted by Gasteiger charge is -2.38. The van der Waals surface area contributed by atoms with Gasteiger partial charge in [0.25, 0.3) is 5.91 Å². The fourth-order valence-electron chi connectivity index (χ4n) is 4.41. The summed E-state index contributed by atoms with van der Waals surface area (Å²) in [6, 6.07) is 9.16. The molecule has 33 heavy (non-hydrogen) atoms. The number of benzene rings is 2. The lowest BCUT2D eigenvalue weighted by Crippen LogP contribution is -2.42. The minimum absolute atomic E-state index is 0.0282. The minimum Gasteiger partial charge on any atom is -0.494 e. The summed E-state index contributed by atoms with van der Waals surface area (Å²) in [5.41, 5.74) is 1.25. The number of aliphatic hydroxyl groups excluding tert-OH is 1. The average Bonchev–Trinajstić information content (AvgIpc) is 3.10. The molecule has 4 rings (SSSR count). The number of hydrogen-bond acceptors (Lipinski definition) is 4. The van der Waals surface area contributed by atoms with Gasteiger partial charge in [-0.1, -0.05) is 42.3 Å². The van der Waals surface area contributed by atoms with E-state index < -0.39 is 29.2 Å². The number of nitrogens with zero attached hydrogens (tertiary/aromatic N) is 1. The predicted molar refractivity (Wildman–Crippen MR) is 121 cm³/mol. The highest BCUT2D eigenvalue weighted by Gasteiger charge is 2.45. The van der Waals surface area contributed by atoms with Gasteiger partial charge in [-0.25, -0.2) is 4.39 Å². The number of hydrogen-bond donors (Lipinski definition) is 3. The smallest absolute Gasteiger partial charge is 0.314 e. The number of carbonyl (C=O) groups is 2. The van der Waals surface area contributed by atoms with Crippen LogP contribution < -0.4 is 10.1 Å². The van der Waals surface area contributed by atoms with E-state index in [-0.39, 0.29) is 23.1 Å². The van der Waals surface area contributed by atoms with Crippen molar-refractivity contribution in [1.29, 1.82) is 0 Å². The molecule has 9 heteroatoms. The molecule has 1 amide bonds. The largest absolute Gasteiger partial charge is 0.494 e. The van der Waals surface area contributed by atoms with Crippen LogP contribution in [0.5, 0.6) is 5.75 Å². The van der Waals surface area contributed by atoms with Crippen molar-refractivity contribution < 1.29 is 28.9 Å². The number of carboxylic acid groups (broad SMARTS) is 1. The summed E-state index contributed by atoms with van der Waals surface area (Å²) in [5.74, 6) is -2.05. The summed E-state index contributed by atoms with van der Waals surface area (Å²) < 4.78 is 20.9. The molecule has 0 saturated heterocycles. The second kappa shape index (κ2) is 8.68. The molecule has 0 aliphatic heterocycles. The second-order valence-corrected chi connectivity index (χ2v) is 8.68. The molecule has 1 heterocycles. The molecule has 3 N–H and O–H groups in total. The SMILES string of the molecule is COc1cc2c(cc(C(=O)N[C@H](CO)c3ccc(C4(C(=O)O)CCC4)cc3)n2C)c(Cl)c1F. The van der Waals surface area contributed by atoms with E-state index in [2.05, 4.69) is 5.32 Å². The van der Waals surface area contributed by atoms with Crippen LogP contribution in [-0.2, 0) is 17.3 Å². The Bertz CT molecular complexity index is 1230. The normalized spacial score (nSPS) is 15.7. The summed E-state index contributed by atoms with van der Waals surface area (Å²) >= 11 is 6.14. The Kier molecular flexibility index (Phi) is 6.07. The number of amides is 1. The molecule has 1 aliphatic carbocycles. The Morgan fingerprint density at radius 1 is 1.27 bits per heavy atom. The van der Waals surface area contributed by atoms with E-state index in [1.54, 1.807) is 35.9 Å². The topological polar surface area (TPSA) is 101 Å². The third-order valence-corrected chi connectivity index (χ3v) is 6.99. The number of rotatable bonds is 7. The van der Waals surface area contributed by atoms with E-state index in [1.807, 2.05) is 0 Å². The number of carbonyl (C=O) groups excluding carboxylic acids is 1. The molecule has 3 aromatic rings. The highest BCUT2D eigenvalue weighted by Crippen LogP contribution is 2.44. The van der Waals surface area contributed by atoms with Crippen LogP contribution in [0.1, 0.15) is 46.9 Å². The minimum atomic E-state index is -0.852. The first-order valence-corrected chi connectivity index (χ1v) is 10.9. The van der Waals surface area contributed by atoms with Crippen molar-refractivity contribution in [1.82, 2.24) is 9.88 Å². The first kappa shape index (κ1) is 23.1. The number of nitrogens with one attached hydrogen (secondary N) is 1. The van der Waals surface area contributed by atoms with Gasteiger partial charge in [-0.2, -0.15) is 0 Å². The molecule has 2 aromatic carbocycles. The van der Waals surface area contributed by atoms with Gasteiger partial charge in [-0.15, -0.1) is 0 Å². The number of carboxylic acids is 1. The van der Waals surface area contributed by atoms with Crippen LogP contribution in [0.15, 0.2) is 36.4 Å². The van der Waals surface area contributed by atoms with Crippen molar-refractivity contribution in [2.75, 3.05) is 13.7 Å². The van der Waals surface area contributed by atoms with Crippen LogP contribution in [0.4, 0.5) is 4.39 Å². The van der Waals surface area contributed by atoms with Gasteiger partial charge in [0.05, 0.1) is 35.7 Å². The van der Waals surface area contributed by atoms with Gasteiger partial charge in [0, 0.05) is 18.5 Å². The van der Waals surface area contributed by atoms with E-state index in [0.717, 1.165) is 6.42 Å². The van der Waals surface area contributed by atoms with Crippen LogP contribution in [0, 0.1) is 5.82 Å². The van der Waals surface area contributed by atoms with Crippen LogP contribution >= 0.6 is 11.6 Å². The molecule has 1 atom stereocenters. The summed E-state index contributed by atoms with van der Waals surface area (Å²) in [5, 5.41) is 22.5. The number of aryl methyl sites for hydroxylation is 1. The van der Waals surface area contributed by atoms with E-state index in [4.69, 9.17) is 16.3 Å². The molecule has 1 fully saturated rings. The predicted octanol–water partition coefficient (Wildman–Crippen LogP) is 3.95. The monoisotopic (exact) mass is 474 g/mol.